The number of hydrogen-bond donors (Lipinski definition) is 0. The molecule has 1 aromatic carbocycles. The smallest absolute Gasteiger partial charge is 0.404 e. The number of anilines is 1. The van der Waals surface area contributed by atoms with Crippen LogP contribution in [0.4, 0.5) is 18.9 Å². The van der Waals surface area contributed by atoms with E-state index in [4.69, 9.17) is 0 Å². The number of alkyl halides is 3. The number of hydrogen-bond acceptors (Lipinski definition) is 3. The summed E-state index contributed by atoms with van der Waals surface area (Å²) < 4.78 is 41.3. The second kappa shape index (κ2) is 6.35. The van der Waals surface area contributed by atoms with Gasteiger partial charge in [0.1, 0.15) is 0 Å². The Bertz CT molecular complexity index is 429. The molecule has 0 atom stereocenters. The van der Waals surface area contributed by atoms with Crippen LogP contribution in [0.15, 0.2) is 24.3 Å². The summed E-state index contributed by atoms with van der Waals surface area (Å²) in [7, 11) is 0. The molecule has 111 valence electrons. The van der Waals surface area contributed by atoms with Crippen molar-refractivity contribution >= 4 is 5.69 Å². The molecule has 0 unspecified atom stereocenters. The minimum absolute atomic E-state index is 0.134. The standard InChI is InChI=1S/C14H18F3N2O/c1-2-7-18-8-10-19(11-9-18)12-5-3-4-6-13(12)20-14(15,16)17/h3-6H,1-2,7-11H2. The second-order valence-electron chi connectivity index (χ2n) is 4.70. The Labute approximate surface area is 116 Å². The van der Waals surface area contributed by atoms with Gasteiger partial charge in [0.2, 0.25) is 0 Å². The predicted molar refractivity (Wildman–Crippen MR) is 71.8 cm³/mol. The summed E-state index contributed by atoms with van der Waals surface area (Å²) in [6.07, 6.45) is -3.82. The molecule has 6 heteroatoms. The van der Waals surface area contributed by atoms with E-state index in [9.17, 15) is 13.2 Å². The van der Waals surface area contributed by atoms with Gasteiger partial charge in [0, 0.05) is 26.2 Å². The lowest BCUT2D eigenvalue weighted by molar-refractivity contribution is -0.274. The van der Waals surface area contributed by atoms with Crippen molar-refractivity contribution in [2.75, 3.05) is 37.6 Å². The third-order valence-electron chi connectivity index (χ3n) is 3.28. The Hall–Kier alpha value is -1.43. The topological polar surface area (TPSA) is 15.7 Å². The van der Waals surface area contributed by atoms with Crippen LogP contribution < -0.4 is 9.64 Å². The van der Waals surface area contributed by atoms with Crippen LogP contribution in [0.3, 0.4) is 0 Å². The average molecular weight is 287 g/mol. The summed E-state index contributed by atoms with van der Waals surface area (Å²) in [5.41, 5.74) is 0.499. The zero-order valence-electron chi connectivity index (χ0n) is 11.2. The summed E-state index contributed by atoms with van der Waals surface area (Å²) in [6, 6.07) is 6.29. The van der Waals surface area contributed by atoms with Crippen LogP contribution in [-0.2, 0) is 0 Å². The van der Waals surface area contributed by atoms with Crippen molar-refractivity contribution in [2.45, 2.75) is 12.8 Å². The lowest BCUT2D eigenvalue weighted by Gasteiger charge is -2.36. The third-order valence-corrected chi connectivity index (χ3v) is 3.28. The van der Waals surface area contributed by atoms with Gasteiger partial charge in [0.25, 0.3) is 0 Å². The average Bonchev–Trinajstić information content (AvgIpc) is 2.39. The number of nitrogens with zero attached hydrogens (tertiary/aromatic N) is 2. The fourth-order valence-corrected chi connectivity index (χ4v) is 2.37. The van der Waals surface area contributed by atoms with E-state index in [0.717, 1.165) is 26.1 Å². The zero-order valence-corrected chi connectivity index (χ0v) is 11.2. The molecule has 0 N–H and O–H groups in total. The van der Waals surface area contributed by atoms with E-state index >= 15 is 0 Å². The van der Waals surface area contributed by atoms with E-state index in [1.807, 2.05) is 4.90 Å². The lowest BCUT2D eigenvalue weighted by Crippen LogP contribution is -2.46. The molecule has 1 aliphatic rings. The molecule has 1 aliphatic heterocycles. The van der Waals surface area contributed by atoms with Crippen molar-refractivity contribution in [3.63, 3.8) is 0 Å². The number of piperazine rings is 1. The van der Waals surface area contributed by atoms with Gasteiger partial charge in [-0.2, -0.15) is 0 Å². The van der Waals surface area contributed by atoms with Crippen molar-refractivity contribution < 1.29 is 17.9 Å². The number of rotatable bonds is 4. The van der Waals surface area contributed by atoms with E-state index in [-0.39, 0.29) is 5.75 Å². The first kappa shape index (κ1) is 15.0. The van der Waals surface area contributed by atoms with Gasteiger partial charge in [0.05, 0.1) is 5.69 Å². The van der Waals surface area contributed by atoms with Crippen LogP contribution in [0.1, 0.15) is 6.42 Å². The molecule has 2 rings (SSSR count). The third kappa shape index (κ3) is 4.03. The molecule has 0 aliphatic carbocycles. The molecule has 1 saturated heterocycles. The molecule has 0 saturated carbocycles. The largest absolute Gasteiger partial charge is 0.573 e. The molecule has 1 fully saturated rings. The summed E-state index contributed by atoms with van der Waals surface area (Å²) in [5.74, 6) is -0.134. The molecule has 0 amide bonds. The maximum absolute atomic E-state index is 12.4. The number of para-hydroxylation sites is 2. The maximum Gasteiger partial charge on any atom is 0.573 e. The Morgan fingerprint density at radius 1 is 1.10 bits per heavy atom. The predicted octanol–water partition coefficient (Wildman–Crippen LogP) is 2.93. The molecule has 1 radical (unpaired) electrons. The minimum atomic E-state index is -4.66. The normalized spacial score (nSPS) is 17.3. The van der Waals surface area contributed by atoms with Crippen molar-refractivity contribution in [1.82, 2.24) is 4.90 Å². The van der Waals surface area contributed by atoms with Crippen molar-refractivity contribution in [2.24, 2.45) is 0 Å². The molecular weight excluding hydrogens is 269 g/mol. The van der Waals surface area contributed by atoms with Crippen molar-refractivity contribution in [3.05, 3.63) is 31.2 Å². The van der Waals surface area contributed by atoms with Gasteiger partial charge in [-0.15, -0.1) is 13.2 Å². The number of ether oxygens (including phenoxy) is 1. The van der Waals surface area contributed by atoms with Crippen LogP contribution in [-0.4, -0.2) is 44.0 Å². The van der Waals surface area contributed by atoms with E-state index in [0.29, 0.717) is 18.8 Å². The van der Waals surface area contributed by atoms with Crippen LogP contribution in [0.2, 0.25) is 0 Å². The molecule has 20 heavy (non-hydrogen) atoms. The summed E-state index contributed by atoms with van der Waals surface area (Å²) in [5, 5.41) is 0. The monoisotopic (exact) mass is 287 g/mol. The summed E-state index contributed by atoms with van der Waals surface area (Å²) in [4.78, 5) is 4.19. The van der Waals surface area contributed by atoms with Gasteiger partial charge < -0.3 is 9.64 Å². The molecule has 0 spiro atoms. The van der Waals surface area contributed by atoms with Crippen LogP contribution in [0.5, 0.6) is 5.75 Å². The second-order valence-corrected chi connectivity index (χ2v) is 4.70. The quantitative estimate of drug-likeness (QED) is 0.847. The number of halogens is 3. The lowest BCUT2D eigenvalue weighted by atomic mass is 10.2. The van der Waals surface area contributed by atoms with Gasteiger partial charge in [-0.25, -0.2) is 0 Å². The molecule has 1 aromatic rings. The molecular formula is C14H18F3N2O. The Kier molecular flexibility index (Phi) is 4.75. The van der Waals surface area contributed by atoms with Crippen LogP contribution in [0, 0.1) is 6.92 Å². The summed E-state index contributed by atoms with van der Waals surface area (Å²) >= 11 is 0. The van der Waals surface area contributed by atoms with E-state index in [2.05, 4.69) is 16.6 Å². The van der Waals surface area contributed by atoms with Crippen molar-refractivity contribution in [1.29, 1.82) is 0 Å². The van der Waals surface area contributed by atoms with Gasteiger partial charge in [0.15, 0.2) is 5.75 Å². The highest BCUT2D eigenvalue weighted by atomic mass is 19.4. The first-order valence-corrected chi connectivity index (χ1v) is 6.61. The van der Waals surface area contributed by atoms with Gasteiger partial charge in [-0.3, -0.25) is 4.90 Å². The fraction of sp³-hybridized carbons (Fsp3) is 0.500. The van der Waals surface area contributed by atoms with Crippen molar-refractivity contribution in [3.8, 4) is 5.75 Å². The first-order chi connectivity index (χ1) is 9.49. The molecule has 1 heterocycles. The number of benzene rings is 1. The SMILES string of the molecule is [CH2]CCN1CCN(c2ccccc2OC(F)(F)F)CC1. The molecule has 3 nitrogen and oxygen atoms in total. The highest BCUT2D eigenvalue weighted by Gasteiger charge is 2.33. The maximum atomic E-state index is 12.4. The first-order valence-electron chi connectivity index (χ1n) is 6.61. The Morgan fingerprint density at radius 2 is 1.75 bits per heavy atom. The molecule has 0 bridgehead atoms. The fourth-order valence-electron chi connectivity index (χ4n) is 2.37. The molecule has 0 aromatic heterocycles. The van der Waals surface area contributed by atoms with Crippen LogP contribution >= 0.6 is 0 Å². The Morgan fingerprint density at radius 3 is 2.35 bits per heavy atom. The van der Waals surface area contributed by atoms with E-state index < -0.39 is 6.36 Å². The summed E-state index contributed by atoms with van der Waals surface area (Å²) in [6.45, 7) is 7.78. The van der Waals surface area contributed by atoms with E-state index in [1.165, 1.54) is 6.07 Å². The minimum Gasteiger partial charge on any atom is -0.404 e. The zero-order chi connectivity index (χ0) is 14.6. The highest BCUT2D eigenvalue weighted by Crippen LogP contribution is 2.33. The Balaban J connectivity index is 2.06. The van der Waals surface area contributed by atoms with Gasteiger partial charge in [-0.05, 0) is 25.1 Å². The van der Waals surface area contributed by atoms with Crippen LogP contribution in [0.25, 0.3) is 0 Å². The van der Waals surface area contributed by atoms with Gasteiger partial charge >= 0.3 is 6.36 Å². The van der Waals surface area contributed by atoms with Gasteiger partial charge in [-0.1, -0.05) is 19.1 Å². The highest BCUT2D eigenvalue weighted by molar-refractivity contribution is 5.58. The van der Waals surface area contributed by atoms with E-state index in [1.54, 1.807) is 18.2 Å².